The van der Waals surface area contributed by atoms with Crippen molar-refractivity contribution in [1.82, 2.24) is 10.3 Å². The number of nitrogens with one attached hydrogen (secondary N) is 1. The SMILES string of the molecule is CC(C)[C@H](NC(=O)c1nccc2ccccc12)C1=NOCC1. The number of carbonyl (C=O) groups is 1. The maximum Gasteiger partial charge on any atom is 0.271 e. The lowest BCUT2D eigenvalue weighted by Gasteiger charge is -2.21. The number of amides is 1. The second-order valence-corrected chi connectivity index (χ2v) is 5.74. The van der Waals surface area contributed by atoms with Gasteiger partial charge in [0.1, 0.15) is 12.3 Å². The van der Waals surface area contributed by atoms with Gasteiger partial charge in [-0.25, -0.2) is 0 Å². The van der Waals surface area contributed by atoms with E-state index >= 15 is 0 Å². The molecule has 0 saturated heterocycles. The fourth-order valence-corrected chi connectivity index (χ4v) is 2.68. The molecule has 1 N–H and O–H groups in total. The molecular formula is C17H19N3O2. The highest BCUT2D eigenvalue weighted by Crippen LogP contribution is 2.18. The third-order valence-corrected chi connectivity index (χ3v) is 3.83. The summed E-state index contributed by atoms with van der Waals surface area (Å²) >= 11 is 0. The maximum absolute atomic E-state index is 12.7. The third-order valence-electron chi connectivity index (χ3n) is 3.83. The number of oxime groups is 1. The first-order chi connectivity index (χ1) is 10.7. The summed E-state index contributed by atoms with van der Waals surface area (Å²) in [7, 11) is 0. The van der Waals surface area contributed by atoms with Gasteiger partial charge in [-0.15, -0.1) is 0 Å². The minimum absolute atomic E-state index is 0.129. The van der Waals surface area contributed by atoms with Crippen LogP contribution < -0.4 is 5.32 Å². The van der Waals surface area contributed by atoms with E-state index in [0.29, 0.717) is 12.3 Å². The van der Waals surface area contributed by atoms with Crippen LogP contribution in [0.1, 0.15) is 30.8 Å². The van der Waals surface area contributed by atoms with Gasteiger partial charge in [0, 0.05) is 18.0 Å². The molecule has 3 rings (SSSR count). The molecule has 1 aliphatic rings. The first kappa shape index (κ1) is 14.5. The molecule has 5 nitrogen and oxygen atoms in total. The van der Waals surface area contributed by atoms with Crippen molar-refractivity contribution < 1.29 is 9.63 Å². The Morgan fingerprint density at radius 2 is 2.09 bits per heavy atom. The molecule has 0 spiro atoms. The Hall–Kier alpha value is -2.43. The summed E-state index contributed by atoms with van der Waals surface area (Å²) in [5.41, 5.74) is 1.34. The van der Waals surface area contributed by atoms with Crippen molar-refractivity contribution in [1.29, 1.82) is 0 Å². The van der Waals surface area contributed by atoms with Crippen LogP contribution in [-0.4, -0.2) is 29.3 Å². The predicted molar refractivity (Wildman–Crippen MR) is 85.8 cm³/mol. The predicted octanol–water partition coefficient (Wildman–Crippen LogP) is 2.77. The molecule has 0 fully saturated rings. The average Bonchev–Trinajstić information content (AvgIpc) is 3.05. The second kappa shape index (κ2) is 6.13. The number of nitrogens with zero attached hydrogens (tertiary/aromatic N) is 2. The van der Waals surface area contributed by atoms with Crippen LogP contribution in [0.15, 0.2) is 41.7 Å². The molecule has 1 aromatic carbocycles. The van der Waals surface area contributed by atoms with Crippen molar-refractivity contribution in [2.45, 2.75) is 26.3 Å². The molecule has 1 aromatic heterocycles. The molecule has 1 aliphatic heterocycles. The standard InChI is InChI=1S/C17H19N3O2/c1-11(2)15(14-8-10-22-20-14)19-17(21)16-13-6-4-3-5-12(13)7-9-18-16/h3-7,9,11,15H,8,10H2,1-2H3,(H,19,21)/t15-/m0/s1. The topological polar surface area (TPSA) is 63.6 Å². The zero-order valence-corrected chi connectivity index (χ0v) is 12.7. The van der Waals surface area contributed by atoms with Gasteiger partial charge in [0.2, 0.25) is 0 Å². The smallest absolute Gasteiger partial charge is 0.271 e. The summed E-state index contributed by atoms with van der Waals surface area (Å²) in [6.45, 7) is 4.70. The van der Waals surface area contributed by atoms with Crippen LogP contribution in [0.2, 0.25) is 0 Å². The van der Waals surface area contributed by atoms with E-state index in [1.54, 1.807) is 6.20 Å². The highest BCUT2D eigenvalue weighted by atomic mass is 16.6. The Morgan fingerprint density at radius 1 is 1.27 bits per heavy atom. The van der Waals surface area contributed by atoms with Crippen LogP contribution in [0.5, 0.6) is 0 Å². The summed E-state index contributed by atoms with van der Waals surface area (Å²) in [6.07, 6.45) is 2.42. The van der Waals surface area contributed by atoms with Crippen molar-refractivity contribution in [3.8, 4) is 0 Å². The van der Waals surface area contributed by atoms with Crippen LogP contribution in [-0.2, 0) is 4.84 Å². The van der Waals surface area contributed by atoms with Gasteiger partial charge in [-0.1, -0.05) is 43.3 Å². The fraction of sp³-hybridized carbons (Fsp3) is 0.353. The van der Waals surface area contributed by atoms with Gasteiger partial charge in [-0.2, -0.15) is 0 Å². The molecule has 22 heavy (non-hydrogen) atoms. The summed E-state index contributed by atoms with van der Waals surface area (Å²) in [5.74, 6) is 0.0597. The minimum atomic E-state index is -0.176. The first-order valence-electron chi connectivity index (χ1n) is 7.50. The molecule has 1 atom stereocenters. The van der Waals surface area contributed by atoms with E-state index in [0.717, 1.165) is 22.9 Å². The van der Waals surface area contributed by atoms with Gasteiger partial charge in [-0.3, -0.25) is 9.78 Å². The number of benzene rings is 1. The normalized spacial score (nSPS) is 15.5. The summed E-state index contributed by atoms with van der Waals surface area (Å²) in [4.78, 5) is 22.0. The van der Waals surface area contributed by atoms with Crippen LogP contribution in [0.4, 0.5) is 0 Å². The van der Waals surface area contributed by atoms with Gasteiger partial charge in [0.15, 0.2) is 0 Å². The van der Waals surface area contributed by atoms with Gasteiger partial charge < -0.3 is 10.2 Å². The molecule has 0 bridgehead atoms. The van der Waals surface area contributed by atoms with Crippen molar-refractivity contribution in [3.63, 3.8) is 0 Å². The lowest BCUT2D eigenvalue weighted by Crippen LogP contribution is -2.44. The molecule has 0 unspecified atom stereocenters. The lowest BCUT2D eigenvalue weighted by atomic mass is 9.97. The molecule has 2 aromatic rings. The monoisotopic (exact) mass is 297 g/mol. The van der Waals surface area contributed by atoms with Crippen molar-refractivity contribution in [2.24, 2.45) is 11.1 Å². The number of carbonyl (C=O) groups excluding carboxylic acids is 1. The van der Waals surface area contributed by atoms with Crippen molar-refractivity contribution in [2.75, 3.05) is 6.61 Å². The van der Waals surface area contributed by atoms with E-state index < -0.39 is 0 Å². The summed E-state index contributed by atoms with van der Waals surface area (Å²) in [5, 5.41) is 8.96. The van der Waals surface area contributed by atoms with E-state index in [1.807, 2.05) is 30.3 Å². The van der Waals surface area contributed by atoms with E-state index in [4.69, 9.17) is 4.84 Å². The van der Waals surface area contributed by atoms with Crippen molar-refractivity contribution >= 4 is 22.4 Å². The Kier molecular flexibility index (Phi) is 4.04. The number of fused-ring (bicyclic) bond motifs is 1. The molecular weight excluding hydrogens is 278 g/mol. The molecule has 1 amide bonds. The highest BCUT2D eigenvalue weighted by Gasteiger charge is 2.26. The third kappa shape index (κ3) is 2.79. The van der Waals surface area contributed by atoms with Crippen LogP contribution in [0.3, 0.4) is 0 Å². The molecule has 114 valence electrons. The van der Waals surface area contributed by atoms with Crippen LogP contribution >= 0.6 is 0 Å². The minimum Gasteiger partial charge on any atom is -0.395 e. The average molecular weight is 297 g/mol. The van der Waals surface area contributed by atoms with E-state index in [9.17, 15) is 4.79 Å². The number of rotatable bonds is 4. The lowest BCUT2D eigenvalue weighted by molar-refractivity contribution is 0.0936. The second-order valence-electron chi connectivity index (χ2n) is 5.74. The zero-order chi connectivity index (χ0) is 15.5. The quantitative estimate of drug-likeness (QED) is 0.943. The first-order valence-corrected chi connectivity index (χ1v) is 7.50. The van der Waals surface area contributed by atoms with Crippen LogP contribution in [0.25, 0.3) is 10.8 Å². The summed E-state index contributed by atoms with van der Waals surface area (Å²) in [6, 6.07) is 9.53. The van der Waals surface area contributed by atoms with Gasteiger partial charge in [0.05, 0.1) is 11.8 Å². The molecule has 5 heteroatoms. The van der Waals surface area contributed by atoms with Gasteiger partial charge in [-0.05, 0) is 17.4 Å². The Bertz CT molecular complexity index is 719. The van der Waals surface area contributed by atoms with Gasteiger partial charge in [0.25, 0.3) is 5.91 Å². The summed E-state index contributed by atoms with van der Waals surface area (Å²) < 4.78 is 0. The van der Waals surface area contributed by atoms with E-state index in [2.05, 4.69) is 29.3 Å². The van der Waals surface area contributed by atoms with Crippen molar-refractivity contribution in [3.05, 3.63) is 42.2 Å². The molecule has 0 aliphatic carbocycles. The Balaban J connectivity index is 1.89. The molecule has 2 heterocycles. The Labute approximate surface area is 129 Å². The van der Waals surface area contributed by atoms with E-state index in [1.165, 1.54) is 0 Å². The zero-order valence-electron chi connectivity index (χ0n) is 12.7. The largest absolute Gasteiger partial charge is 0.395 e. The number of hydrogen-bond donors (Lipinski definition) is 1. The van der Waals surface area contributed by atoms with E-state index in [-0.39, 0.29) is 17.9 Å². The fourth-order valence-electron chi connectivity index (χ4n) is 2.68. The molecule has 0 saturated carbocycles. The highest BCUT2D eigenvalue weighted by molar-refractivity contribution is 6.07. The number of pyridine rings is 1. The maximum atomic E-state index is 12.7. The molecule has 0 radical (unpaired) electrons. The number of aromatic nitrogens is 1. The number of hydrogen-bond acceptors (Lipinski definition) is 4. The van der Waals surface area contributed by atoms with Gasteiger partial charge >= 0.3 is 0 Å². The van der Waals surface area contributed by atoms with Crippen LogP contribution in [0, 0.1) is 5.92 Å². The Morgan fingerprint density at radius 3 is 2.82 bits per heavy atom.